The fourth-order valence-electron chi connectivity index (χ4n) is 2.59. The molecule has 1 aliphatic rings. The fraction of sp³-hybridized carbons (Fsp3) is 0.643. The molecule has 116 valence electrons. The second-order valence-electron chi connectivity index (χ2n) is 5.83. The van der Waals surface area contributed by atoms with E-state index < -0.39 is 10.5 Å². The maximum atomic E-state index is 11.0. The normalized spacial score (nSPS) is 25.4. The van der Waals surface area contributed by atoms with Crippen LogP contribution >= 0.6 is 0 Å². The van der Waals surface area contributed by atoms with Crippen LogP contribution in [0, 0.1) is 16.0 Å². The molecule has 0 unspecified atom stereocenters. The molecule has 1 aliphatic carbocycles. The number of nitrogens with zero attached hydrogens (tertiary/aromatic N) is 2. The highest BCUT2D eigenvalue weighted by Gasteiger charge is 2.32. The van der Waals surface area contributed by atoms with Crippen LogP contribution in [0.25, 0.3) is 0 Å². The lowest BCUT2D eigenvalue weighted by Gasteiger charge is -2.35. The van der Waals surface area contributed by atoms with Gasteiger partial charge in [-0.3, -0.25) is 10.1 Å². The molecular weight excluding hydrogens is 272 g/mol. The summed E-state index contributed by atoms with van der Waals surface area (Å²) in [5.74, 6) is 1.37. The van der Waals surface area contributed by atoms with E-state index in [9.17, 15) is 15.2 Å². The molecule has 0 amide bonds. The van der Waals surface area contributed by atoms with Crippen LogP contribution in [-0.2, 0) is 0 Å². The number of aliphatic hydroxyl groups is 1. The van der Waals surface area contributed by atoms with Gasteiger partial charge >= 0.3 is 5.69 Å². The SMILES string of the molecule is CNc1ccc([N+](=O)[O-])c(NCC2(O)CCC(C)CC2)n1. The third-order valence-electron chi connectivity index (χ3n) is 4.12. The first-order valence-electron chi connectivity index (χ1n) is 7.23. The largest absolute Gasteiger partial charge is 0.388 e. The molecule has 7 heteroatoms. The Hall–Kier alpha value is -1.89. The lowest BCUT2D eigenvalue weighted by molar-refractivity contribution is -0.384. The number of pyridine rings is 1. The van der Waals surface area contributed by atoms with Gasteiger partial charge in [0, 0.05) is 19.7 Å². The molecule has 3 N–H and O–H groups in total. The second kappa shape index (κ2) is 6.26. The first kappa shape index (κ1) is 15.5. The van der Waals surface area contributed by atoms with Crippen molar-refractivity contribution in [1.29, 1.82) is 0 Å². The summed E-state index contributed by atoms with van der Waals surface area (Å²) in [6, 6.07) is 2.97. The van der Waals surface area contributed by atoms with Crippen LogP contribution in [0.2, 0.25) is 0 Å². The minimum absolute atomic E-state index is 0.0817. The second-order valence-corrected chi connectivity index (χ2v) is 5.83. The first-order chi connectivity index (χ1) is 9.93. The number of hydrogen-bond donors (Lipinski definition) is 3. The number of anilines is 2. The molecule has 0 bridgehead atoms. The van der Waals surface area contributed by atoms with E-state index in [0.29, 0.717) is 24.6 Å². The summed E-state index contributed by atoms with van der Waals surface area (Å²) >= 11 is 0. The number of rotatable bonds is 5. The quantitative estimate of drug-likeness (QED) is 0.569. The molecule has 0 spiro atoms. The van der Waals surface area contributed by atoms with Gasteiger partial charge in [-0.2, -0.15) is 0 Å². The summed E-state index contributed by atoms with van der Waals surface area (Å²) in [5, 5.41) is 27.4. The van der Waals surface area contributed by atoms with Gasteiger partial charge in [-0.05, 0) is 37.7 Å². The molecule has 0 saturated heterocycles. The van der Waals surface area contributed by atoms with Crippen molar-refractivity contribution in [2.75, 3.05) is 24.2 Å². The Bertz CT molecular complexity index is 513. The highest BCUT2D eigenvalue weighted by atomic mass is 16.6. The van der Waals surface area contributed by atoms with Gasteiger partial charge in [0.15, 0.2) is 0 Å². The lowest BCUT2D eigenvalue weighted by atomic mass is 9.79. The zero-order valence-corrected chi connectivity index (χ0v) is 12.4. The van der Waals surface area contributed by atoms with E-state index in [2.05, 4.69) is 22.5 Å². The summed E-state index contributed by atoms with van der Waals surface area (Å²) in [4.78, 5) is 14.7. The number of nitro groups is 1. The summed E-state index contributed by atoms with van der Waals surface area (Å²) in [5.41, 5.74) is -0.890. The Morgan fingerprint density at radius 3 is 2.71 bits per heavy atom. The minimum Gasteiger partial charge on any atom is -0.388 e. The molecular formula is C14H22N4O3. The van der Waals surface area contributed by atoms with Gasteiger partial charge in [-0.1, -0.05) is 6.92 Å². The maximum absolute atomic E-state index is 11.0. The number of nitrogens with one attached hydrogen (secondary N) is 2. The third kappa shape index (κ3) is 3.81. The van der Waals surface area contributed by atoms with Gasteiger partial charge in [0.25, 0.3) is 0 Å². The predicted molar refractivity (Wildman–Crippen MR) is 81.5 cm³/mol. The van der Waals surface area contributed by atoms with Crippen molar-refractivity contribution < 1.29 is 10.0 Å². The van der Waals surface area contributed by atoms with Crippen molar-refractivity contribution in [3.63, 3.8) is 0 Å². The van der Waals surface area contributed by atoms with E-state index >= 15 is 0 Å². The van der Waals surface area contributed by atoms with Gasteiger partial charge in [-0.15, -0.1) is 0 Å². The number of hydrogen-bond acceptors (Lipinski definition) is 6. The van der Waals surface area contributed by atoms with Crippen LogP contribution in [0.4, 0.5) is 17.3 Å². The van der Waals surface area contributed by atoms with Crippen molar-refractivity contribution in [3.8, 4) is 0 Å². The maximum Gasteiger partial charge on any atom is 0.311 e. The Kier molecular flexibility index (Phi) is 4.62. The van der Waals surface area contributed by atoms with E-state index in [1.165, 1.54) is 6.07 Å². The zero-order valence-electron chi connectivity index (χ0n) is 12.4. The highest BCUT2D eigenvalue weighted by molar-refractivity contribution is 5.60. The standard InChI is InChI=1S/C14H22N4O3/c1-10-5-7-14(19,8-6-10)9-16-13-11(18(20)21)3-4-12(15-2)17-13/h3-4,10,19H,5-9H2,1-2H3,(H2,15,16,17). The van der Waals surface area contributed by atoms with E-state index in [4.69, 9.17) is 0 Å². The van der Waals surface area contributed by atoms with Crippen molar-refractivity contribution in [2.45, 2.75) is 38.2 Å². The van der Waals surface area contributed by atoms with Crippen molar-refractivity contribution in [1.82, 2.24) is 4.98 Å². The molecule has 0 aliphatic heterocycles. The summed E-state index contributed by atoms with van der Waals surface area (Å²) in [6.45, 7) is 2.45. The summed E-state index contributed by atoms with van der Waals surface area (Å²) in [6.07, 6.45) is 3.37. The topological polar surface area (TPSA) is 100 Å². The fourth-order valence-corrected chi connectivity index (χ4v) is 2.59. The van der Waals surface area contributed by atoms with Crippen molar-refractivity contribution >= 4 is 17.3 Å². The van der Waals surface area contributed by atoms with Gasteiger partial charge in [0.05, 0.1) is 10.5 Å². The monoisotopic (exact) mass is 294 g/mol. The Labute approximate surface area is 123 Å². The zero-order chi connectivity index (χ0) is 15.5. The van der Waals surface area contributed by atoms with E-state index in [-0.39, 0.29) is 18.1 Å². The number of aromatic nitrogens is 1. The van der Waals surface area contributed by atoms with Crippen LogP contribution in [0.1, 0.15) is 32.6 Å². The van der Waals surface area contributed by atoms with Gasteiger partial charge in [0.1, 0.15) is 5.82 Å². The minimum atomic E-state index is -0.808. The third-order valence-corrected chi connectivity index (χ3v) is 4.12. The Morgan fingerprint density at radius 1 is 1.48 bits per heavy atom. The highest BCUT2D eigenvalue weighted by Crippen LogP contribution is 2.33. The molecule has 1 fully saturated rings. The molecule has 1 aromatic rings. The van der Waals surface area contributed by atoms with Gasteiger partial charge < -0.3 is 15.7 Å². The predicted octanol–water partition coefficient (Wildman–Crippen LogP) is 2.38. The van der Waals surface area contributed by atoms with E-state index in [0.717, 1.165) is 12.8 Å². The molecule has 1 heterocycles. The molecule has 0 aromatic carbocycles. The lowest BCUT2D eigenvalue weighted by Crippen LogP contribution is -2.40. The van der Waals surface area contributed by atoms with Gasteiger partial charge in [-0.25, -0.2) is 4.98 Å². The average Bonchev–Trinajstić information content (AvgIpc) is 2.48. The van der Waals surface area contributed by atoms with Crippen molar-refractivity contribution in [2.24, 2.45) is 5.92 Å². The molecule has 21 heavy (non-hydrogen) atoms. The average molecular weight is 294 g/mol. The Morgan fingerprint density at radius 2 is 2.14 bits per heavy atom. The van der Waals surface area contributed by atoms with Crippen LogP contribution in [-0.4, -0.2) is 34.2 Å². The van der Waals surface area contributed by atoms with E-state index in [1.54, 1.807) is 13.1 Å². The smallest absolute Gasteiger partial charge is 0.311 e. The van der Waals surface area contributed by atoms with Gasteiger partial charge in [0.2, 0.25) is 5.82 Å². The van der Waals surface area contributed by atoms with E-state index in [1.807, 2.05) is 0 Å². The summed E-state index contributed by atoms with van der Waals surface area (Å²) < 4.78 is 0. The van der Waals surface area contributed by atoms with Crippen LogP contribution in [0.15, 0.2) is 12.1 Å². The van der Waals surface area contributed by atoms with Crippen LogP contribution in [0.3, 0.4) is 0 Å². The first-order valence-corrected chi connectivity index (χ1v) is 7.23. The van der Waals surface area contributed by atoms with Crippen molar-refractivity contribution in [3.05, 3.63) is 22.2 Å². The molecule has 0 radical (unpaired) electrons. The molecule has 1 saturated carbocycles. The molecule has 0 atom stereocenters. The molecule has 1 aromatic heterocycles. The molecule has 7 nitrogen and oxygen atoms in total. The van der Waals surface area contributed by atoms with Crippen LogP contribution in [0.5, 0.6) is 0 Å². The molecule has 2 rings (SSSR count). The van der Waals surface area contributed by atoms with Crippen LogP contribution < -0.4 is 10.6 Å². The summed E-state index contributed by atoms with van der Waals surface area (Å²) in [7, 11) is 1.70. The Balaban J connectivity index is 2.09.